The van der Waals surface area contributed by atoms with Crippen molar-refractivity contribution < 1.29 is 19.1 Å². The maximum absolute atomic E-state index is 12.2. The first kappa shape index (κ1) is 20.3. The fraction of sp³-hybridized carbons (Fsp3) is 0.588. The van der Waals surface area contributed by atoms with Crippen molar-refractivity contribution in [2.75, 3.05) is 12.4 Å². The SMILES string of the molecule is COc1nc(Br)ccc1NC(=O)NC1CC[C@@H](NC(=O)OC(C)(C)C)C1. The van der Waals surface area contributed by atoms with E-state index in [1.54, 1.807) is 12.1 Å². The first-order valence-corrected chi connectivity index (χ1v) is 9.23. The molecular formula is C17H25BrN4O4. The number of nitrogens with one attached hydrogen (secondary N) is 3. The molecule has 1 aromatic rings. The van der Waals surface area contributed by atoms with Crippen LogP contribution in [0, 0.1) is 0 Å². The number of carbonyl (C=O) groups excluding carboxylic acids is 2. The van der Waals surface area contributed by atoms with Crippen LogP contribution in [-0.2, 0) is 4.74 Å². The molecule has 0 radical (unpaired) electrons. The molecule has 8 nitrogen and oxygen atoms in total. The third-order valence-corrected chi connectivity index (χ3v) is 4.20. The Morgan fingerprint density at radius 2 is 1.85 bits per heavy atom. The maximum atomic E-state index is 12.2. The van der Waals surface area contributed by atoms with Gasteiger partial charge in [0, 0.05) is 12.1 Å². The molecule has 0 aliphatic heterocycles. The number of urea groups is 1. The topological polar surface area (TPSA) is 102 Å². The van der Waals surface area contributed by atoms with E-state index in [1.807, 2.05) is 20.8 Å². The summed E-state index contributed by atoms with van der Waals surface area (Å²) in [5.41, 5.74) is -0.0486. The molecule has 3 N–H and O–H groups in total. The highest BCUT2D eigenvalue weighted by Crippen LogP contribution is 2.24. The van der Waals surface area contributed by atoms with Crippen LogP contribution in [-0.4, -0.2) is 41.9 Å². The number of aromatic nitrogens is 1. The minimum atomic E-state index is -0.530. The van der Waals surface area contributed by atoms with E-state index in [9.17, 15) is 9.59 Å². The monoisotopic (exact) mass is 428 g/mol. The van der Waals surface area contributed by atoms with E-state index in [1.165, 1.54) is 7.11 Å². The van der Waals surface area contributed by atoms with E-state index in [2.05, 4.69) is 36.9 Å². The number of amides is 3. The smallest absolute Gasteiger partial charge is 0.407 e. The molecule has 0 saturated heterocycles. The second-order valence-electron chi connectivity index (χ2n) is 7.14. The summed E-state index contributed by atoms with van der Waals surface area (Å²) >= 11 is 3.25. The van der Waals surface area contributed by atoms with Gasteiger partial charge in [0.2, 0.25) is 5.88 Å². The molecule has 0 aromatic carbocycles. The van der Waals surface area contributed by atoms with Crippen LogP contribution in [0.1, 0.15) is 40.0 Å². The zero-order valence-electron chi connectivity index (χ0n) is 15.4. The lowest BCUT2D eigenvalue weighted by molar-refractivity contribution is 0.0505. The third kappa shape index (κ3) is 6.36. The van der Waals surface area contributed by atoms with Crippen molar-refractivity contribution in [1.29, 1.82) is 0 Å². The summed E-state index contributed by atoms with van der Waals surface area (Å²) in [6.07, 6.45) is 1.79. The van der Waals surface area contributed by atoms with Gasteiger partial charge in [-0.25, -0.2) is 14.6 Å². The molecule has 1 unspecified atom stereocenters. The minimum Gasteiger partial charge on any atom is -0.479 e. The fourth-order valence-corrected chi connectivity index (χ4v) is 3.02. The van der Waals surface area contributed by atoms with Gasteiger partial charge in [-0.05, 0) is 68.1 Å². The molecule has 1 aromatic heterocycles. The largest absolute Gasteiger partial charge is 0.479 e. The average molecular weight is 429 g/mol. The summed E-state index contributed by atoms with van der Waals surface area (Å²) in [6.45, 7) is 5.46. The van der Waals surface area contributed by atoms with Crippen molar-refractivity contribution in [2.45, 2.75) is 57.7 Å². The molecule has 1 saturated carbocycles. The number of alkyl carbamates (subject to hydrolysis) is 1. The van der Waals surface area contributed by atoms with Crippen molar-refractivity contribution in [3.05, 3.63) is 16.7 Å². The normalized spacial score (nSPS) is 19.6. The molecule has 3 amide bonds. The van der Waals surface area contributed by atoms with Gasteiger partial charge in [0.15, 0.2) is 0 Å². The number of rotatable bonds is 4. The van der Waals surface area contributed by atoms with Gasteiger partial charge in [-0.15, -0.1) is 0 Å². The predicted octanol–water partition coefficient (Wildman–Crippen LogP) is 3.42. The quantitative estimate of drug-likeness (QED) is 0.637. The van der Waals surface area contributed by atoms with Crippen molar-refractivity contribution in [2.24, 2.45) is 0 Å². The molecule has 1 aliphatic carbocycles. The van der Waals surface area contributed by atoms with E-state index in [-0.39, 0.29) is 18.1 Å². The number of methoxy groups -OCH3 is 1. The summed E-state index contributed by atoms with van der Waals surface area (Å²) in [7, 11) is 1.49. The zero-order chi connectivity index (χ0) is 19.3. The van der Waals surface area contributed by atoms with Crippen molar-refractivity contribution in [3.8, 4) is 5.88 Å². The van der Waals surface area contributed by atoms with Crippen LogP contribution in [0.5, 0.6) is 5.88 Å². The van der Waals surface area contributed by atoms with Gasteiger partial charge in [-0.3, -0.25) is 0 Å². The molecular weight excluding hydrogens is 404 g/mol. The van der Waals surface area contributed by atoms with E-state index in [4.69, 9.17) is 9.47 Å². The molecule has 0 spiro atoms. The number of pyridine rings is 1. The van der Waals surface area contributed by atoms with Gasteiger partial charge in [0.1, 0.15) is 15.9 Å². The Morgan fingerprint density at radius 1 is 1.19 bits per heavy atom. The highest BCUT2D eigenvalue weighted by atomic mass is 79.9. The Labute approximate surface area is 161 Å². The summed E-state index contributed by atoms with van der Waals surface area (Å²) in [4.78, 5) is 28.2. The summed E-state index contributed by atoms with van der Waals surface area (Å²) < 4.78 is 11.0. The fourth-order valence-electron chi connectivity index (χ4n) is 2.73. The van der Waals surface area contributed by atoms with Gasteiger partial charge in [0.25, 0.3) is 0 Å². The standard InChI is InChI=1S/C17H25BrN4O4/c1-17(2,3)26-16(24)20-11-6-5-10(9-11)19-15(23)21-12-7-8-13(18)22-14(12)25-4/h7-8,10-11H,5-6,9H2,1-4H3,(H,20,24)(H2,19,21,23)/t10?,11-/m1/s1. The van der Waals surface area contributed by atoms with Crippen molar-refractivity contribution >= 4 is 33.7 Å². The van der Waals surface area contributed by atoms with Crippen molar-refractivity contribution in [1.82, 2.24) is 15.6 Å². The van der Waals surface area contributed by atoms with Gasteiger partial charge in [-0.1, -0.05) is 0 Å². The van der Waals surface area contributed by atoms with Crippen LogP contribution < -0.4 is 20.7 Å². The van der Waals surface area contributed by atoms with Gasteiger partial charge in [0.05, 0.1) is 7.11 Å². The van der Waals surface area contributed by atoms with E-state index in [0.29, 0.717) is 22.6 Å². The zero-order valence-corrected chi connectivity index (χ0v) is 17.0. The third-order valence-electron chi connectivity index (χ3n) is 3.76. The van der Waals surface area contributed by atoms with Crippen LogP contribution in [0.2, 0.25) is 0 Å². The average Bonchev–Trinajstić information content (AvgIpc) is 2.93. The van der Waals surface area contributed by atoms with Gasteiger partial charge in [-0.2, -0.15) is 0 Å². The lowest BCUT2D eigenvalue weighted by atomic mass is 10.2. The number of carbonyl (C=O) groups is 2. The summed E-state index contributed by atoms with van der Waals surface area (Å²) in [5, 5.41) is 8.48. The molecule has 9 heteroatoms. The Bertz CT molecular complexity index is 663. The highest BCUT2D eigenvalue weighted by Gasteiger charge is 2.28. The molecule has 144 valence electrons. The van der Waals surface area contributed by atoms with Crippen LogP contribution in [0.15, 0.2) is 16.7 Å². The Balaban J connectivity index is 1.81. The van der Waals surface area contributed by atoms with Gasteiger partial charge >= 0.3 is 12.1 Å². The van der Waals surface area contributed by atoms with Crippen molar-refractivity contribution in [3.63, 3.8) is 0 Å². The summed E-state index contributed by atoms with van der Waals surface area (Å²) in [5.74, 6) is 0.324. The van der Waals surface area contributed by atoms with Crippen LogP contribution in [0.3, 0.4) is 0 Å². The molecule has 26 heavy (non-hydrogen) atoms. The van der Waals surface area contributed by atoms with E-state index < -0.39 is 11.7 Å². The molecule has 2 rings (SSSR count). The molecule has 1 aliphatic rings. The van der Waals surface area contributed by atoms with Crippen LogP contribution in [0.4, 0.5) is 15.3 Å². The first-order valence-electron chi connectivity index (χ1n) is 8.44. The number of halogens is 1. The Morgan fingerprint density at radius 3 is 2.46 bits per heavy atom. The number of ether oxygens (including phenoxy) is 2. The molecule has 2 atom stereocenters. The number of hydrogen-bond donors (Lipinski definition) is 3. The Hall–Kier alpha value is -2.03. The number of nitrogens with zero attached hydrogens (tertiary/aromatic N) is 1. The minimum absolute atomic E-state index is 0.0148. The van der Waals surface area contributed by atoms with E-state index in [0.717, 1.165) is 12.8 Å². The predicted molar refractivity (Wildman–Crippen MR) is 101 cm³/mol. The lowest BCUT2D eigenvalue weighted by Gasteiger charge is -2.21. The second kappa shape index (κ2) is 8.57. The molecule has 0 bridgehead atoms. The maximum Gasteiger partial charge on any atom is 0.407 e. The molecule has 1 heterocycles. The Kier molecular flexibility index (Phi) is 6.69. The lowest BCUT2D eigenvalue weighted by Crippen LogP contribution is -2.40. The summed E-state index contributed by atoms with van der Waals surface area (Å²) in [6, 6.07) is 3.05. The van der Waals surface area contributed by atoms with Crippen LogP contribution in [0.25, 0.3) is 0 Å². The van der Waals surface area contributed by atoms with E-state index >= 15 is 0 Å². The number of hydrogen-bond acceptors (Lipinski definition) is 5. The second-order valence-corrected chi connectivity index (χ2v) is 7.95. The molecule has 1 fully saturated rings. The van der Waals surface area contributed by atoms with Crippen LogP contribution >= 0.6 is 15.9 Å². The van der Waals surface area contributed by atoms with Gasteiger partial charge < -0.3 is 25.4 Å². The number of anilines is 1. The highest BCUT2D eigenvalue weighted by molar-refractivity contribution is 9.10. The first-order chi connectivity index (χ1) is 12.2.